The number of aromatic nitrogens is 1. The van der Waals surface area contributed by atoms with Gasteiger partial charge in [-0.2, -0.15) is 13.2 Å². The topological polar surface area (TPSA) is 68.3 Å². The number of anilines is 1. The van der Waals surface area contributed by atoms with Crippen LogP contribution in [0.5, 0.6) is 0 Å². The van der Waals surface area contributed by atoms with E-state index in [0.29, 0.717) is 12.1 Å². The highest BCUT2D eigenvalue weighted by molar-refractivity contribution is 5.90. The van der Waals surface area contributed by atoms with Gasteiger partial charge in [-0.1, -0.05) is 0 Å². The van der Waals surface area contributed by atoms with Gasteiger partial charge in [0.1, 0.15) is 5.82 Å². The minimum atomic E-state index is -4.65. The molecule has 0 spiro atoms. The van der Waals surface area contributed by atoms with Gasteiger partial charge in [0.25, 0.3) is 0 Å². The molecular formula is C10H9F3N2O3. The van der Waals surface area contributed by atoms with Gasteiger partial charge < -0.3 is 10.1 Å². The third-order valence-corrected chi connectivity index (χ3v) is 1.85. The lowest BCUT2D eigenvalue weighted by atomic mass is 10.2. The van der Waals surface area contributed by atoms with Crippen molar-refractivity contribution >= 4 is 17.7 Å². The minimum absolute atomic E-state index is 0.363. The Morgan fingerprint density at radius 2 is 1.94 bits per heavy atom. The zero-order valence-corrected chi connectivity index (χ0v) is 9.46. The van der Waals surface area contributed by atoms with Gasteiger partial charge >= 0.3 is 12.1 Å². The maximum atomic E-state index is 12.6. The fourth-order valence-corrected chi connectivity index (χ4v) is 1.15. The molecule has 0 saturated heterocycles. The van der Waals surface area contributed by atoms with Crippen molar-refractivity contribution < 1.29 is 27.5 Å². The molecule has 0 fully saturated rings. The standard InChI is InChI=1S/C10H9F3N2O3/c1-5(16)14-8-4-6(10(11,12)13)3-7(15-8)9(17)18-2/h3-4H,1-2H3,(H,14,15,16). The highest BCUT2D eigenvalue weighted by Gasteiger charge is 2.32. The largest absolute Gasteiger partial charge is 0.464 e. The maximum absolute atomic E-state index is 12.6. The molecule has 0 saturated carbocycles. The van der Waals surface area contributed by atoms with E-state index >= 15 is 0 Å². The Morgan fingerprint density at radius 3 is 2.39 bits per heavy atom. The molecule has 0 atom stereocenters. The molecule has 0 radical (unpaired) electrons. The van der Waals surface area contributed by atoms with Crippen LogP contribution in [-0.4, -0.2) is 24.0 Å². The lowest BCUT2D eigenvalue weighted by Gasteiger charge is -2.10. The Kier molecular flexibility index (Phi) is 3.89. The SMILES string of the molecule is COC(=O)c1cc(C(F)(F)F)cc(NC(C)=O)n1. The summed E-state index contributed by atoms with van der Waals surface area (Å²) in [5.41, 5.74) is -1.63. The smallest absolute Gasteiger partial charge is 0.416 e. The van der Waals surface area contributed by atoms with Crippen molar-refractivity contribution in [3.8, 4) is 0 Å². The number of carbonyl (C=O) groups is 2. The number of methoxy groups -OCH3 is 1. The quantitative estimate of drug-likeness (QED) is 0.826. The summed E-state index contributed by atoms with van der Waals surface area (Å²) in [5, 5.41) is 2.08. The first-order valence-electron chi connectivity index (χ1n) is 4.69. The molecule has 1 N–H and O–H groups in total. The summed E-state index contributed by atoms with van der Waals surface area (Å²) in [5.74, 6) is -1.98. The molecule has 0 aliphatic carbocycles. The number of hydrogen-bond donors (Lipinski definition) is 1. The van der Waals surface area contributed by atoms with Gasteiger partial charge in [0.15, 0.2) is 5.69 Å². The van der Waals surface area contributed by atoms with Crippen LogP contribution in [0.1, 0.15) is 23.0 Å². The Labute approximate surface area is 100.0 Å². The average molecular weight is 262 g/mol. The summed E-state index contributed by atoms with van der Waals surface area (Å²) in [7, 11) is 1.02. The first-order chi connectivity index (χ1) is 8.24. The molecule has 1 aromatic heterocycles. The van der Waals surface area contributed by atoms with Crippen molar-refractivity contribution in [2.75, 3.05) is 12.4 Å². The van der Waals surface area contributed by atoms with E-state index in [1.165, 1.54) is 0 Å². The number of esters is 1. The van der Waals surface area contributed by atoms with Gasteiger partial charge in [-0.3, -0.25) is 4.79 Å². The van der Waals surface area contributed by atoms with Crippen molar-refractivity contribution in [1.82, 2.24) is 4.98 Å². The van der Waals surface area contributed by atoms with E-state index in [9.17, 15) is 22.8 Å². The number of hydrogen-bond acceptors (Lipinski definition) is 4. The van der Waals surface area contributed by atoms with Crippen molar-refractivity contribution in [3.63, 3.8) is 0 Å². The van der Waals surface area contributed by atoms with Crippen LogP contribution in [0.3, 0.4) is 0 Å². The van der Waals surface area contributed by atoms with Gasteiger partial charge in [-0.05, 0) is 12.1 Å². The number of halogens is 3. The first kappa shape index (κ1) is 13.9. The van der Waals surface area contributed by atoms with Crippen molar-refractivity contribution in [2.24, 2.45) is 0 Å². The Balaban J connectivity index is 3.28. The molecule has 1 aromatic rings. The van der Waals surface area contributed by atoms with E-state index in [2.05, 4.69) is 15.0 Å². The van der Waals surface area contributed by atoms with Gasteiger partial charge in [-0.15, -0.1) is 0 Å². The summed E-state index contributed by atoms with van der Waals surface area (Å²) in [4.78, 5) is 25.5. The van der Waals surface area contributed by atoms with Crippen LogP contribution in [-0.2, 0) is 15.7 Å². The number of carbonyl (C=O) groups excluding carboxylic acids is 2. The van der Waals surface area contributed by atoms with Crippen LogP contribution in [0.15, 0.2) is 12.1 Å². The second-order valence-electron chi connectivity index (χ2n) is 3.30. The third kappa shape index (κ3) is 3.44. The molecule has 8 heteroatoms. The molecule has 1 heterocycles. The average Bonchev–Trinajstić information content (AvgIpc) is 2.25. The molecule has 0 aromatic carbocycles. The number of rotatable bonds is 2. The number of pyridine rings is 1. The Hall–Kier alpha value is -2.12. The van der Waals surface area contributed by atoms with Crippen LogP contribution < -0.4 is 5.32 Å². The maximum Gasteiger partial charge on any atom is 0.416 e. The molecule has 5 nitrogen and oxygen atoms in total. The molecule has 1 rings (SSSR count). The second-order valence-corrected chi connectivity index (χ2v) is 3.30. The summed E-state index contributed by atoms with van der Waals surface area (Å²) < 4.78 is 42.0. The molecule has 0 aliphatic heterocycles. The molecular weight excluding hydrogens is 253 g/mol. The van der Waals surface area contributed by atoms with E-state index in [1.54, 1.807) is 0 Å². The van der Waals surface area contributed by atoms with E-state index in [-0.39, 0.29) is 5.82 Å². The fourth-order valence-electron chi connectivity index (χ4n) is 1.15. The summed E-state index contributed by atoms with van der Waals surface area (Å²) in [6.45, 7) is 1.11. The normalized spacial score (nSPS) is 10.9. The van der Waals surface area contributed by atoms with E-state index in [1.807, 2.05) is 0 Å². The Bertz CT molecular complexity index is 486. The van der Waals surface area contributed by atoms with Crippen molar-refractivity contribution in [1.29, 1.82) is 0 Å². The first-order valence-corrected chi connectivity index (χ1v) is 4.69. The van der Waals surface area contributed by atoms with E-state index in [4.69, 9.17) is 0 Å². The summed E-state index contributed by atoms with van der Waals surface area (Å²) >= 11 is 0. The van der Waals surface area contributed by atoms with Crippen LogP contribution >= 0.6 is 0 Å². The van der Waals surface area contributed by atoms with Crippen LogP contribution in [0.25, 0.3) is 0 Å². The number of amides is 1. The molecule has 0 bridgehead atoms. The highest BCUT2D eigenvalue weighted by Crippen LogP contribution is 2.31. The number of nitrogens with zero attached hydrogens (tertiary/aromatic N) is 1. The summed E-state index contributed by atoms with van der Waals surface area (Å²) in [6.07, 6.45) is -4.65. The number of ether oxygens (including phenoxy) is 1. The molecule has 0 aliphatic rings. The van der Waals surface area contributed by atoms with Gasteiger partial charge in [0, 0.05) is 6.92 Å². The lowest BCUT2D eigenvalue weighted by Crippen LogP contribution is -2.15. The van der Waals surface area contributed by atoms with Gasteiger partial charge in [0.2, 0.25) is 5.91 Å². The number of alkyl halides is 3. The molecule has 0 unspecified atom stereocenters. The second kappa shape index (κ2) is 5.03. The zero-order chi connectivity index (χ0) is 13.9. The Morgan fingerprint density at radius 1 is 1.33 bits per heavy atom. The monoisotopic (exact) mass is 262 g/mol. The van der Waals surface area contributed by atoms with Crippen LogP contribution in [0.4, 0.5) is 19.0 Å². The predicted molar refractivity (Wildman–Crippen MR) is 54.9 cm³/mol. The lowest BCUT2D eigenvalue weighted by molar-refractivity contribution is -0.137. The minimum Gasteiger partial charge on any atom is -0.464 e. The van der Waals surface area contributed by atoms with Crippen molar-refractivity contribution in [3.05, 3.63) is 23.4 Å². The van der Waals surface area contributed by atoms with E-state index < -0.39 is 29.3 Å². The van der Waals surface area contributed by atoms with E-state index in [0.717, 1.165) is 14.0 Å². The molecule has 18 heavy (non-hydrogen) atoms. The van der Waals surface area contributed by atoms with Crippen LogP contribution in [0.2, 0.25) is 0 Å². The predicted octanol–water partition coefficient (Wildman–Crippen LogP) is 1.85. The summed E-state index contributed by atoms with van der Waals surface area (Å²) in [6, 6.07) is 1.19. The zero-order valence-electron chi connectivity index (χ0n) is 9.46. The van der Waals surface area contributed by atoms with Crippen LogP contribution in [0, 0.1) is 0 Å². The fraction of sp³-hybridized carbons (Fsp3) is 0.300. The molecule has 98 valence electrons. The molecule has 1 amide bonds. The highest BCUT2D eigenvalue weighted by atomic mass is 19.4. The van der Waals surface area contributed by atoms with Gasteiger partial charge in [0.05, 0.1) is 12.7 Å². The third-order valence-electron chi connectivity index (χ3n) is 1.85. The van der Waals surface area contributed by atoms with Gasteiger partial charge in [-0.25, -0.2) is 9.78 Å². The van der Waals surface area contributed by atoms with Crippen molar-refractivity contribution in [2.45, 2.75) is 13.1 Å². The number of nitrogens with one attached hydrogen (secondary N) is 1.